The minimum Gasteiger partial charge on any atom is -0.352 e. The Morgan fingerprint density at radius 2 is 1.84 bits per heavy atom. The zero-order chi connectivity index (χ0) is 18.2. The summed E-state index contributed by atoms with van der Waals surface area (Å²) in [7, 11) is 0. The Kier molecular flexibility index (Phi) is 6.98. The molecule has 25 heavy (non-hydrogen) atoms. The summed E-state index contributed by atoms with van der Waals surface area (Å²) in [5.41, 5.74) is 2.16. The minimum atomic E-state index is -0.172. The quantitative estimate of drug-likeness (QED) is 0.709. The number of amides is 2. The molecule has 0 radical (unpaired) electrons. The number of carbonyl (C=O) groups excluding carboxylic acids is 2. The second-order valence-corrected chi connectivity index (χ2v) is 6.08. The van der Waals surface area contributed by atoms with Gasteiger partial charge in [-0.25, -0.2) is 0 Å². The van der Waals surface area contributed by atoms with Crippen molar-refractivity contribution in [2.45, 2.75) is 19.9 Å². The van der Waals surface area contributed by atoms with Crippen LogP contribution in [-0.2, 0) is 4.79 Å². The lowest BCUT2D eigenvalue weighted by Crippen LogP contribution is -2.30. The fourth-order valence-electron chi connectivity index (χ4n) is 2.32. The summed E-state index contributed by atoms with van der Waals surface area (Å²) in [4.78, 5) is 23.9. The van der Waals surface area contributed by atoms with E-state index in [1.54, 1.807) is 24.3 Å². The van der Waals surface area contributed by atoms with E-state index >= 15 is 0 Å². The van der Waals surface area contributed by atoms with Crippen LogP contribution in [0.3, 0.4) is 0 Å². The van der Waals surface area contributed by atoms with Crippen molar-refractivity contribution in [1.29, 1.82) is 0 Å². The van der Waals surface area contributed by atoms with Crippen LogP contribution < -0.4 is 16.0 Å². The van der Waals surface area contributed by atoms with Crippen molar-refractivity contribution in [3.8, 4) is 0 Å². The lowest BCUT2D eigenvalue weighted by molar-refractivity contribution is -0.115. The zero-order valence-electron chi connectivity index (χ0n) is 14.3. The average Bonchev–Trinajstić information content (AvgIpc) is 2.61. The normalized spacial score (nSPS) is 11.6. The molecule has 132 valence electrons. The summed E-state index contributed by atoms with van der Waals surface area (Å²) in [6.45, 7) is 4.56. The topological polar surface area (TPSA) is 70.2 Å². The van der Waals surface area contributed by atoms with Crippen molar-refractivity contribution in [3.05, 3.63) is 64.7 Å². The maximum absolute atomic E-state index is 12.1. The SMILES string of the molecule is CCNC(=O)c1cccc(NC(=O)CN[C@@H](C)c2ccc(Cl)cc2)c1. The predicted molar refractivity (Wildman–Crippen MR) is 101 cm³/mol. The maximum atomic E-state index is 12.1. The molecular formula is C19H22ClN3O2. The van der Waals surface area contributed by atoms with E-state index in [0.29, 0.717) is 22.8 Å². The summed E-state index contributed by atoms with van der Waals surface area (Å²) in [6.07, 6.45) is 0. The maximum Gasteiger partial charge on any atom is 0.251 e. The van der Waals surface area contributed by atoms with E-state index in [0.717, 1.165) is 5.56 Å². The largest absolute Gasteiger partial charge is 0.352 e. The molecule has 0 aliphatic heterocycles. The van der Waals surface area contributed by atoms with Crippen molar-refractivity contribution in [2.75, 3.05) is 18.4 Å². The number of carbonyl (C=O) groups is 2. The highest BCUT2D eigenvalue weighted by molar-refractivity contribution is 6.30. The molecule has 1 atom stereocenters. The number of halogens is 1. The Morgan fingerprint density at radius 1 is 1.12 bits per heavy atom. The van der Waals surface area contributed by atoms with Crippen LogP contribution in [0.5, 0.6) is 0 Å². The van der Waals surface area contributed by atoms with Crippen molar-refractivity contribution in [1.82, 2.24) is 10.6 Å². The Labute approximate surface area is 152 Å². The van der Waals surface area contributed by atoms with Gasteiger partial charge >= 0.3 is 0 Å². The van der Waals surface area contributed by atoms with Gasteiger partial charge in [0.1, 0.15) is 0 Å². The molecule has 0 fully saturated rings. The predicted octanol–water partition coefficient (Wildman–Crippen LogP) is 3.38. The standard InChI is InChI=1S/C19H22ClN3O2/c1-3-21-19(25)15-5-4-6-17(11-15)23-18(24)12-22-13(2)14-7-9-16(20)10-8-14/h4-11,13,22H,3,12H2,1-2H3,(H,21,25)(H,23,24)/t13-/m0/s1. The first kappa shape index (κ1) is 19.0. The molecule has 0 aliphatic rings. The summed E-state index contributed by atoms with van der Waals surface area (Å²) in [5.74, 6) is -0.332. The number of hydrogen-bond acceptors (Lipinski definition) is 3. The highest BCUT2D eigenvalue weighted by Gasteiger charge is 2.09. The van der Waals surface area contributed by atoms with E-state index in [9.17, 15) is 9.59 Å². The monoisotopic (exact) mass is 359 g/mol. The molecule has 0 unspecified atom stereocenters. The van der Waals surface area contributed by atoms with Crippen molar-refractivity contribution in [3.63, 3.8) is 0 Å². The van der Waals surface area contributed by atoms with Crippen LogP contribution in [0.2, 0.25) is 5.02 Å². The van der Waals surface area contributed by atoms with Gasteiger partial charge in [0.25, 0.3) is 5.91 Å². The van der Waals surface area contributed by atoms with Crippen molar-refractivity contribution >= 4 is 29.1 Å². The van der Waals surface area contributed by atoms with Gasteiger partial charge in [0.2, 0.25) is 5.91 Å². The van der Waals surface area contributed by atoms with Crippen LogP contribution in [0, 0.1) is 0 Å². The lowest BCUT2D eigenvalue weighted by Gasteiger charge is -2.14. The lowest BCUT2D eigenvalue weighted by atomic mass is 10.1. The zero-order valence-corrected chi connectivity index (χ0v) is 15.1. The Morgan fingerprint density at radius 3 is 2.52 bits per heavy atom. The van der Waals surface area contributed by atoms with Gasteiger partial charge in [-0.05, 0) is 49.7 Å². The average molecular weight is 360 g/mol. The second kappa shape index (κ2) is 9.20. The molecule has 3 N–H and O–H groups in total. The first-order valence-electron chi connectivity index (χ1n) is 8.16. The van der Waals surface area contributed by atoms with Gasteiger partial charge in [-0.1, -0.05) is 29.8 Å². The van der Waals surface area contributed by atoms with Crippen LogP contribution in [0.1, 0.15) is 35.8 Å². The Balaban J connectivity index is 1.88. The molecule has 0 aromatic heterocycles. The summed E-state index contributed by atoms with van der Waals surface area (Å²) in [6, 6.07) is 14.4. The van der Waals surface area contributed by atoms with E-state index in [2.05, 4.69) is 16.0 Å². The van der Waals surface area contributed by atoms with E-state index in [1.807, 2.05) is 38.1 Å². The minimum absolute atomic E-state index is 0.0182. The van der Waals surface area contributed by atoms with Gasteiger partial charge in [0.05, 0.1) is 6.54 Å². The molecule has 0 saturated heterocycles. The van der Waals surface area contributed by atoms with Crippen molar-refractivity contribution in [2.24, 2.45) is 0 Å². The molecule has 0 spiro atoms. The fourth-order valence-corrected chi connectivity index (χ4v) is 2.45. The van der Waals surface area contributed by atoms with E-state index in [4.69, 9.17) is 11.6 Å². The van der Waals surface area contributed by atoms with Crippen LogP contribution in [0.15, 0.2) is 48.5 Å². The van der Waals surface area contributed by atoms with Crippen LogP contribution >= 0.6 is 11.6 Å². The molecule has 0 bridgehead atoms. The smallest absolute Gasteiger partial charge is 0.251 e. The van der Waals surface area contributed by atoms with Crippen LogP contribution in [0.4, 0.5) is 5.69 Å². The fraction of sp³-hybridized carbons (Fsp3) is 0.263. The first-order chi connectivity index (χ1) is 12.0. The molecule has 2 aromatic carbocycles. The third kappa shape index (κ3) is 5.89. The Hall–Kier alpha value is -2.37. The highest BCUT2D eigenvalue weighted by Crippen LogP contribution is 2.16. The molecule has 2 amide bonds. The second-order valence-electron chi connectivity index (χ2n) is 5.64. The summed E-state index contributed by atoms with van der Waals surface area (Å²) < 4.78 is 0. The van der Waals surface area contributed by atoms with Gasteiger partial charge in [-0.2, -0.15) is 0 Å². The number of rotatable bonds is 7. The van der Waals surface area contributed by atoms with Crippen LogP contribution in [-0.4, -0.2) is 24.9 Å². The number of hydrogen-bond donors (Lipinski definition) is 3. The van der Waals surface area contributed by atoms with Crippen molar-refractivity contribution < 1.29 is 9.59 Å². The number of anilines is 1. The van der Waals surface area contributed by atoms with Gasteiger partial charge in [-0.15, -0.1) is 0 Å². The molecule has 6 heteroatoms. The van der Waals surface area contributed by atoms with E-state index < -0.39 is 0 Å². The summed E-state index contributed by atoms with van der Waals surface area (Å²) in [5, 5.41) is 9.37. The first-order valence-corrected chi connectivity index (χ1v) is 8.54. The molecule has 5 nitrogen and oxygen atoms in total. The number of benzene rings is 2. The molecule has 0 saturated carbocycles. The molecule has 2 aromatic rings. The molecule has 0 heterocycles. The van der Waals surface area contributed by atoms with Gasteiger partial charge in [0.15, 0.2) is 0 Å². The van der Waals surface area contributed by atoms with E-state index in [-0.39, 0.29) is 24.4 Å². The third-order valence-electron chi connectivity index (χ3n) is 3.68. The van der Waals surface area contributed by atoms with Gasteiger partial charge in [-0.3, -0.25) is 9.59 Å². The molecule has 0 aliphatic carbocycles. The van der Waals surface area contributed by atoms with Gasteiger partial charge < -0.3 is 16.0 Å². The molecule has 2 rings (SSSR count). The summed E-state index contributed by atoms with van der Waals surface area (Å²) >= 11 is 5.88. The highest BCUT2D eigenvalue weighted by atomic mass is 35.5. The Bertz CT molecular complexity index is 732. The molecular weight excluding hydrogens is 338 g/mol. The third-order valence-corrected chi connectivity index (χ3v) is 3.94. The van der Waals surface area contributed by atoms with Gasteiger partial charge in [0, 0.05) is 28.9 Å². The van der Waals surface area contributed by atoms with E-state index in [1.165, 1.54) is 0 Å². The number of nitrogens with one attached hydrogen (secondary N) is 3. The van der Waals surface area contributed by atoms with Crippen LogP contribution in [0.25, 0.3) is 0 Å².